The molecule has 0 saturated heterocycles. The number of Topliss-reactive ketones (excluding diaryl/α,β-unsaturated/α-hetero) is 1. The summed E-state index contributed by atoms with van der Waals surface area (Å²) in [7, 11) is 0. The van der Waals surface area contributed by atoms with Crippen LogP contribution in [-0.4, -0.2) is 31.5 Å². The van der Waals surface area contributed by atoms with Gasteiger partial charge in [0.05, 0.1) is 5.69 Å². The second-order valence-corrected chi connectivity index (χ2v) is 3.15. The van der Waals surface area contributed by atoms with E-state index in [0.29, 0.717) is 11.4 Å². The molecule has 2 rings (SSSR count). The summed E-state index contributed by atoms with van der Waals surface area (Å²) in [6, 6.07) is 3.10. The number of carbonyl (C=O) groups excluding carboxylic acids is 2. The Balaban J connectivity index is 2.12. The minimum atomic E-state index is -0.368. The van der Waals surface area contributed by atoms with Crippen LogP contribution in [-0.2, 0) is 0 Å². The van der Waals surface area contributed by atoms with Gasteiger partial charge in [-0.05, 0) is 12.1 Å². The van der Waals surface area contributed by atoms with Crippen molar-refractivity contribution in [3.05, 3.63) is 36.2 Å². The zero-order valence-corrected chi connectivity index (χ0v) is 8.47. The van der Waals surface area contributed by atoms with Crippen LogP contribution in [0.4, 0.5) is 0 Å². The molecule has 7 nitrogen and oxygen atoms in total. The molecule has 2 aromatic heterocycles. The van der Waals surface area contributed by atoms with Gasteiger partial charge >= 0.3 is 0 Å². The molecule has 0 radical (unpaired) electrons. The first-order chi connectivity index (χ1) is 7.66. The summed E-state index contributed by atoms with van der Waals surface area (Å²) in [5.74, 6) is -0.490. The molecule has 0 aliphatic rings. The summed E-state index contributed by atoms with van der Waals surface area (Å²) >= 11 is 0. The van der Waals surface area contributed by atoms with E-state index >= 15 is 0 Å². The second-order valence-electron chi connectivity index (χ2n) is 3.15. The lowest BCUT2D eigenvalue weighted by molar-refractivity contribution is 0.100. The Hall–Kier alpha value is -2.44. The molecule has 0 spiro atoms. The minimum absolute atomic E-state index is 0.122. The Morgan fingerprint density at radius 3 is 2.44 bits per heavy atom. The Bertz CT molecular complexity index is 514. The SMILES string of the molecule is CC(=O)c1ccc(C(=O)Nn2cnnc2)[nH]1. The molecule has 2 N–H and O–H groups in total. The highest BCUT2D eigenvalue weighted by molar-refractivity contribution is 6.00. The molecule has 16 heavy (non-hydrogen) atoms. The van der Waals surface area contributed by atoms with E-state index < -0.39 is 0 Å². The molecule has 0 aliphatic heterocycles. The molecule has 0 unspecified atom stereocenters. The Morgan fingerprint density at radius 1 is 1.25 bits per heavy atom. The number of amides is 1. The van der Waals surface area contributed by atoms with Gasteiger partial charge in [0.15, 0.2) is 5.78 Å². The van der Waals surface area contributed by atoms with Gasteiger partial charge < -0.3 is 4.98 Å². The second kappa shape index (κ2) is 3.97. The van der Waals surface area contributed by atoms with E-state index in [-0.39, 0.29) is 11.7 Å². The van der Waals surface area contributed by atoms with Crippen molar-refractivity contribution in [3.63, 3.8) is 0 Å². The number of aromatic amines is 1. The van der Waals surface area contributed by atoms with Crippen LogP contribution in [0.25, 0.3) is 0 Å². The van der Waals surface area contributed by atoms with Crippen molar-refractivity contribution in [1.29, 1.82) is 0 Å². The summed E-state index contributed by atoms with van der Waals surface area (Å²) in [4.78, 5) is 25.3. The number of ketones is 1. The van der Waals surface area contributed by atoms with Gasteiger partial charge in [-0.3, -0.25) is 15.0 Å². The molecular formula is C9H9N5O2. The molecule has 0 atom stereocenters. The monoisotopic (exact) mass is 219 g/mol. The van der Waals surface area contributed by atoms with Gasteiger partial charge in [-0.1, -0.05) is 0 Å². The van der Waals surface area contributed by atoms with Crippen LogP contribution in [0, 0.1) is 0 Å². The predicted molar refractivity (Wildman–Crippen MR) is 54.5 cm³/mol. The van der Waals surface area contributed by atoms with Crippen LogP contribution in [0.2, 0.25) is 0 Å². The van der Waals surface area contributed by atoms with E-state index in [2.05, 4.69) is 20.6 Å². The lowest BCUT2D eigenvalue weighted by Gasteiger charge is -2.01. The van der Waals surface area contributed by atoms with Crippen molar-refractivity contribution in [2.75, 3.05) is 5.43 Å². The molecule has 0 saturated carbocycles. The number of H-pyrrole nitrogens is 1. The number of nitrogens with zero attached hydrogens (tertiary/aromatic N) is 3. The number of hydrogen-bond donors (Lipinski definition) is 2. The summed E-state index contributed by atoms with van der Waals surface area (Å²) in [6.45, 7) is 1.42. The molecule has 0 bridgehead atoms. The predicted octanol–water partition coefficient (Wildman–Crippen LogP) is 0.193. The summed E-state index contributed by atoms with van der Waals surface area (Å²) in [5, 5.41) is 7.07. The fourth-order valence-electron chi connectivity index (χ4n) is 1.17. The topological polar surface area (TPSA) is 92.7 Å². The quantitative estimate of drug-likeness (QED) is 0.721. The fourth-order valence-corrected chi connectivity index (χ4v) is 1.17. The first-order valence-electron chi connectivity index (χ1n) is 4.53. The van der Waals surface area contributed by atoms with Crippen LogP contribution >= 0.6 is 0 Å². The van der Waals surface area contributed by atoms with E-state index in [1.54, 1.807) is 6.07 Å². The Kier molecular flexibility index (Phi) is 2.50. The van der Waals surface area contributed by atoms with Crippen LogP contribution in [0.15, 0.2) is 24.8 Å². The number of aromatic nitrogens is 4. The smallest absolute Gasteiger partial charge is 0.286 e. The number of carbonyl (C=O) groups is 2. The van der Waals surface area contributed by atoms with Gasteiger partial charge in [0.25, 0.3) is 5.91 Å². The Labute approximate surface area is 90.5 Å². The third kappa shape index (κ3) is 1.97. The molecule has 2 aromatic rings. The molecular weight excluding hydrogens is 210 g/mol. The lowest BCUT2D eigenvalue weighted by atomic mass is 10.3. The lowest BCUT2D eigenvalue weighted by Crippen LogP contribution is -2.21. The van der Waals surface area contributed by atoms with Crippen molar-refractivity contribution in [2.24, 2.45) is 0 Å². The first kappa shape index (κ1) is 10.1. The zero-order valence-electron chi connectivity index (χ0n) is 8.47. The van der Waals surface area contributed by atoms with Crippen molar-refractivity contribution in [3.8, 4) is 0 Å². The van der Waals surface area contributed by atoms with Crippen molar-refractivity contribution >= 4 is 11.7 Å². The molecule has 0 fully saturated rings. The zero-order chi connectivity index (χ0) is 11.5. The van der Waals surface area contributed by atoms with Crippen LogP contribution < -0.4 is 5.43 Å². The number of hydrogen-bond acceptors (Lipinski definition) is 4. The average Bonchev–Trinajstić information content (AvgIpc) is 2.86. The molecule has 7 heteroatoms. The summed E-state index contributed by atoms with van der Waals surface area (Å²) in [5.41, 5.74) is 3.20. The minimum Gasteiger partial charge on any atom is -0.348 e. The third-order valence-electron chi connectivity index (χ3n) is 1.96. The fraction of sp³-hybridized carbons (Fsp3) is 0.111. The van der Waals surface area contributed by atoms with Crippen molar-refractivity contribution in [2.45, 2.75) is 6.92 Å². The largest absolute Gasteiger partial charge is 0.348 e. The highest BCUT2D eigenvalue weighted by atomic mass is 16.2. The molecule has 2 heterocycles. The maximum absolute atomic E-state index is 11.6. The van der Waals surface area contributed by atoms with Crippen LogP contribution in [0.1, 0.15) is 27.9 Å². The summed E-state index contributed by atoms with van der Waals surface area (Å²) < 4.78 is 1.32. The van der Waals surface area contributed by atoms with Gasteiger partial charge in [-0.2, -0.15) is 0 Å². The van der Waals surface area contributed by atoms with Gasteiger partial charge in [0.2, 0.25) is 0 Å². The highest BCUT2D eigenvalue weighted by Crippen LogP contribution is 2.02. The van der Waals surface area contributed by atoms with E-state index in [0.717, 1.165) is 0 Å². The first-order valence-corrected chi connectivity index (χ1v) is 4.53. The van der Waals surface area contributed by atoms with E-state index in [1.165, 1.54) is 30.3 Å². The van der Waals surface area contributed by atoms with E-state index in [4.69, 9.17) is 0 Å². The normalized spacial score (nSPS) is 10.1. The van der Waals surface area contributed by atoms with Crippen LogP contribution in [0.5, 0.6) is 0 Å². The molecule has 1 amide bonds. The van der Waals surface area contributed by atoms with Gasteiger partial charge in [-0.15, -0.1) is 10.2 Å². The maximum atomic E-state index is 11.6. The molecule has 0 aromatic carbocycles. The van der Waals surface area contributed by atoms with Crippen molar-refractivity contribution in [1.82, 2.24) is 19.9 Å². The van der Waals surface area contributed by atoms with Gasteiger partial charge in [0, 0.05) is 6.92 Å². The maximum Gasteiger partial charge on any atom is 0.286 e. The number of rotatable bonds is 3. The van der Waals surface area contributed by atoms with E-state index in [1.807, 2.05) is 0 Å². The van der Waals surface area contributed by atoms with Gasteiger partial charge in [-0.25, -0.2) is 4.68 Å². The highest BCUT2D eigenvalue weighted by Gasteiger charge is 2.10. The number of nitrogens with one attached hydrogen (secondary N) is 2. The molecule has 0 aliphatic carbocycles. The Morgan fingerprint density at radius 2 is 1.88 bits per heavy atom. The van der Waals surface area contributed by atoms with Gasteiger partial charge in [0.1, 0.15) is 18.3 Å². The van der Waals surface area contributed by atoms with Crippen LogP contribution in [0.3, 0.4) is 0 Å². The van der Waals surface area contributed by atoms with E-state index in [9.17, 15) is 9.59 Å². The molecule has 82 valence electrons. The third-order valence-corrected chi connectivity index (χ3v) is 1.96. The standard InChI is InChI=1S/C9H9N5O2/c1-6(15)7-2-3-8(12-7)9(16)13-14-4-10-11-5-14/h2-5,12H,1H3,(H,13,16). The average molecular weight is 219 g/mol. The summed E-state index contributed by atoms with van der Waals surface area (Å²) in [6.07, 6.45) is 2.71. The van der Waals surface area contributed by atoms with Crippen molar-refractivity contribution < 1.29 is 9.59 Å².